The first-order chi connectivity index (χ1) is 11.2. The predicted molar refractivity (Wildman–Crippen MR) is 90.3 cm³/mol. The summed E-state index contributed by atoms with van der Waals surface area (Å²) in [7, 11) is 0. The predicted octanol–water partition coefficient (Wildman–Crippen LogP) is 2.53. The van der Waals surface area contributed by atoms with Crippen molar-refractivity contribution < 1.29 is 4.74 Å². The second-order valence-electron chi connectivity index (χ2n) is 6.39. The molecule has 7 heteroatoms. The van der Waals surface area contributed by atoms with Crippen LogP contribution in [0.4, 0.5) is 0 Å². The van der Waals surface area contributed by atoms with Crippen LogP contribution in [0.1, 0.15) is 42.6 Å². The van der Waals surface area contributed by atoms with E-state index in [0.29, 0.717) is 5.92 Å². The number of hydrogen-bond donors (Lipinski definition) is 0. The molecule has 23 heavy (non-hydrogen) atoms. The van der Waals surface area contributed by atoms with Crippen molar-refractivity contribution in [3.8, 4) is 0 Å². The number of thiazole rings is 1. The average molecular weight is 335 g/mol. The van der Waals surface area contributed by atoms with E-state index in [9.17, 15) is 0 Å². The molecule has 1 fully saturated rings. The highest BCUT2D eigenvalue weighted by atomic mass is 32.1. The molecular weight excluding hydrogens is 310 g/mol. The first-order valence-electron chi connectivity index (χ1n) is 8.31. The molecule has 0 radical (unpaired) electrons. The highest BCUT2D eigenvalue weighted by Crippen LogP contribution is 2.24. The number of nitrogens with zero attached hydrogens (tertiary/aromatic N) is 5. The van der Waals surface area contributed by atoms with Gasteiger partial charge in [0.25, 0.3) is 0 Å². The third-order valence-electron chi connectivity index (χ3n) is 3.99. The number of aromatic nitrogens is 4. The molecule has 1 aliphatic rings. The van der Waals surface area contributed by atoms with E-state index in [1.807, 2.05) is 17.5 Å². The van der Waals surface area contributed by atoms with Crippen molar-refractivity contribution >= 4 is 11.3 Å². The van der Waals surface area contributed by atoms with Crippen molar-refractivity contribution in [2.45, 2.75) is 46.4 Å². The second kappa shape index (κ2) is 7.51. The van der Waals surface area contributed by atoms with Gasteiger partial charge in [-0.1, -0.05) is 13.8 Å². The van der Waals surface area contributed by atoms with Crippen LogP contribution in [0.25, 0.3) is 0 Å². The maximum atomic E-state index is 5.91. The van der Waals surface area contributed by atoms with Gasteiger partial charge >= 0.3 is 0 Å². The molecule has 0 unspecified atom stereocenters. The first kappa shape index (κ1) is 16.5. The third kappa shape index (κ3) is 4.16. The molecule has 3 heterocycles. The van der Waals surface area contributed by atoms with Gasteiger partial charge in [0, 0.05) is 43.7 Å². The molecule has 0 saturated carbocycles. The minimum atomic E-state index is 0.00857. The Balaban J connectivity index is 1.61. The average Bonchev–Trinajstić information content (AvgIpc) is 3.16. The van der Waals surface area contributed by atoms with E-state index in [4.69, 9.17) is 4.74 Å². The fourth-order valence-corrected chi connectivity index (χ4v) is 4.02. The van der Waals surface area contributed by atoms with Crippen molar-refractivity contribution in [2.24, 2.45) is 5.92 Å². The van der Waals surface area contributed by atoms with Crippen LogP contribution in [-0.4, -0.2) is 44.3 Å². The van der Waals surface area contributed by atoms with Crippen molar-refractivity contribution in [2.75, 3.05) is 19.7 Å². The lowest BCUT2D eigenvalue weighted by Gasteiger charge is -2.32. The van der Waals surface area contributed by atoms with Gasteiger partial charge in [-0.2, -0.15) is 0 Å². The van der Waals surface area contributed by atoms with Crippen LogP contribution in [-0.2, 0) is 24.2 Å². The molecule has 2 aromatic heterocycles. The maximum absolute atomic E-state index is 5.91. The monoisotopic (exact) mass is 335 g/mol. The SMILES string of the molecule is CCn1cnnc1[C@@H]1CN(Cc2cnc(CC(C)C)s2)CCO1. The summed E-state index contributed by atoms with van der Waals surface area (Å²) in [5, 5.41) is 9.50. The van der Waals surface area contributed by atoms with Crippen LogP contribution in [0.15, 0.2) is 12.5 Å². The Hall–Kier alpha value is -1.31. The summed E-state index contributed by atoms with van der Waals surface area (Å²) in [6, 6.07) is 0. The van der Waals surface area contributed by atoms with E-state index < -0.39 is 0 Å². The molecule has 2 aromatic rings. The fourth-order valence-electron chi connectivity index (χ4n) is 2.84. The van der Waals surface area contributed by atoms with Crippen molar-refractivity contribution in [1.29, 1.82) is 0 Å². The lowest BCUT2D eigenvalue weighted by Crippen LogP contribution is -2.38. The van der Waals surface area contributed by atoms with Crippen LogP contribution in [0, 0.1) is 5.92 Å². The fraction of sp³-hybridized carbons (Fsp3) is 0.688. The molecule has 0 aliphatic carbocycles. The molecule has 0 N–H and O–H groups in total. The Labute approximate surface area is 141 Å². The van der Waals surface area contributed by atoms with E-state index in [-0.39, 0.29) is 6.10 Å². The topological polar surface area (TPSA) is 56.1 Å². The molecule has 3 rings (SSSR count). The Morgan fingerprint density at radius 2 is 2.30 bits per heavy atom. The molecule has 126 valence electrons. The quantitative estimate of drug-likeness (QED) is 0.812. The summed E-state index contributed by atoms with van der Waals surface area (Å²) in [6.07, 6.45) is 4.88. The zero-order valence-corrected chi connectivity index (χ0v) is 14.9. The van der Waals surface area contributed by atoms with Crippen LogP contribution < -0.4 is 0 Å². The lowest BCUT2D eigenvalue weighted by atomic mass is 10.1. The lowest BCUT2D eigenvalue weighted by molar-refractivity contribution is -0.0386. The van der Waals surface area contributed by atoms with Crippen LogP contribution in [0.2, 0.25) is 0 Å². The van der Waals surface area contributed by atoms with Gasteiger partial charge in [-0.3, -0.25) is 4.90 Å². The number of aryl methyl sites for hydroxylation is 1. The smallest absolute Gasteiger partial charge is 0.163 e. The van der Waals surface area contributed by atoms with Crippen LogP contribution in [0.3, 0.4) is 0 Å². The van der Waals surface area contributed by atoms with E-state index in [1.165, 1.54) is 9.88 Å². The Kier molecular flexibility index (Phi) is 5.40. The van der Waals surface area contributed by atoms with E-state index in [2.05, 4.69) is 45.4 Å². The summed E-state index contributed by atoms with van der Waals surface area (Å²) in [5.74, 6) is 1.59. The van der Waals surface area contributed by atoms with Gasteiger partial charge in [-0.25, -0.2) is 4.98 Å². The molecule has 1 aliphatic heterocycles. The second-order valence-corrected chi connectivity index (χ2v) is 7.59. The van der Waals surface area contributed by atoms with E-state index >= 15 is 0 Å². The molecule has 1 atom stereocenters. The molecule has 0 aromatic carbocycles. The van der Waals surface area contributed by atoms with Crippen LogP contribution in [0.5, 0.6) is 0 Å². The molecule has 1 saturated heterocycles. The van der Waals surface area contributed by atoms with Gasteiger partial charge in [-0.15, -0.1) is 21.5 Å². The Bertz CT molecular complexity index is 624. The zero-order chi connectivity index (χ0) is 16.2. The summed E-state index contributed by atoms with van der Waals surface area (Å²) >= 11 is 1.83. The maximum Gasteiger partial charge on any atom is 0.163 e. The molecule has 6 nitrogen and oxygen atoms in total. The van der Waals surface area contributed by atoms with Gasteiger partial charge in [0.1, 0.15) is 12.4 Å². The van der Waals surface area contributed by atoms with Gasteiger partial charge in [0.15, 0.2) is 5.82 Å². The minimum Gasteiger partial charge on any atom is -0.368 e. The van der Waals surface area contributed by atoms with Gasteiger partial charge < -0.3 is 9.30 Å². The largest absolute Gasteiger partial charge is 0.368 e. The third-order valence-corrected chi connectivity index (χ3v) is 4.99. The molecule has 0 amide bonds. The minimum absolute atomic E-state index is 0.00857. The number of hydrogen-bond acceptors (Lipinski definition) is 6. The number of morpholine rings is 1. The zero-order valence-electron chi connectivity index (χ0n) is 14.1. The Morgan fingerprint density at radius 3 is 3.09 bits per heavy atom. The summed E-state index contributed by atoms with van der Waals surface area (Å²) in [5.41, 5.74) is 0. The normalized spacial score (nSPS) is 19.6. The van der Waals surface area contributed by atoms with Crippen LogP contribution >= 0.6 is 11.3 Å². The highest BCUT2D eigenvalue weighted by molar-refractivity contribution is 7.11. The summed E-state index contributed by atoms with van der Waals surface area (Å²) in [6.45, 7) is 10.9. The summed E-state index contributed by atoms with van der Waals surface area (Å²) < 4.78 is 7.97. The number of rotatable bonds is 6. The van der Waals surface area contributed by atoms with Crippen molar-refractivity contribution in [1.82, 2.24) is 24.6 Å². The van der Waals surface area contributed by atoms with Gasteiger partial charge in [-0.05, 0) is 12.8 Å². The Morgan fingerprint density at radius 1 is 1.43 bits per heavy atom. The standard InChI is InChI=1S/C16H25N5OS/c1-4-21-11-18-19-16(21)14-10-20(5-6-22-14)9-13-8-17-15(23-13)7-12(2)3/h8,11-12,14H,4-7,9-10H2,1-3H3/t14-/m0/s1. The summed E-state index contributed by atoms with van der Waals surface area (Å²) in [4.78, 5) is 8.31. The van der Waals surface area contributed by atoms with Gasteiger partial charge in [0.05, 0.1) is 11.6 Å². The van der Waals surface area contributed by atoms with E-state index in [1.54, 1.807) is 6.33 Å². The molecule has 0 spiro atoms. The highest BCUT2D eigenvalue weighted by Gasteiger charge is 2.26. The van der Waals surface area contributed by atoms with Crippen molar-refractivity contribution in [3.63, 3.8) is 0 Å². The van der Waals surface area contributed by atoms with Gasteiger partial charge in [0.2, 0.25) is 0 Å². The molecule has 0 bridgehead atoms. The van der Waals surface area contributed by atoms with Crippen molar-refractivity contribution in [3.05, 3.63) is 28.2 Å². The number of ether oxygens (including phenoxy) is 1. The van der Waals surface area contributed by atoms with E-state index in [0.717, 1.165) is 45.0 Å². The first-order valence-corrected chi connectivity index (χ1v) is 9.12. The molecular formula is C16H25N5OS.